The molecule has 0 aliphatic carbocycles. The van der Waals surface area contributed by atoms with E-state index in [1.165, 1.54) is 0 Å². The number of hydrogen-bond acceptors (Lipinski definition) is 6. The minimum absolute atomic E-state index is 0.00420. The first-order valence-electron chi connectivity index (χ1n) is 7.50. The summed E-state index contributed by atoms with van der Waals surface area (Å²) in [5.41, 5.74) is 0.999. The highest BCUT2D eigenvalue weighted by Crippen LogP contribution is 2.27. The first kappa shape index (κ1) is 16.1. The predicted octanol–water partition coefficient (Wildman–Crippen LogP) is 2.48. The highest BCUT2D eigenvalue weighted by atomic mass is 35.5. The summed E-state index contributed by atoms with van der Waals surface area (Å²) in [5, 5.41) is 8.48. The van der Waals surface area contributed by atoms with E-state index in [9.17, 15) is 4.39 Å². The molecule has 124 valence electrons. The zero-order valence-electron chi connectivity index (χ0n) is 13.1. The molecule has 1 aliphatic rings. The molecule has 0 unspecified atom stereocenters. The highest BCUT2D eigenvalue weighted by Gasteiger charge is 2.35. The zero-order chi connectivity index (χ0) is 16.4. The summed E-state index contributed by atoms with van der Waals surface area (Å²) in [4.78, 5) is 7.95. The number of nitrogens with zero attached hydrogens (tertiary/aromatic N) is 5. The average molecular weight is 340 g/mol. The maximum Gasteiger partial charge on any atom is 0.318 e. The lowest BCUT2D eigenvalue weighted by Gasteiger charge is -2.27. The normalized spacial score (nSPS) is 21.3. The molecule has 0 spiro atoms. The molecule has 3 rings (SSSR count). The number of hydrogen-bond donors (Lipinski definition) is 0. The third-order valence-corrected chi connectivity index (χ3v) is 4.28. The summed E-state index contributed by atoms with van der Waals surface area (Å²) < 4.78 is 19.3. The van der Waals surface area contributed by atoms with Gasteiger partial charge in [0.1, 0.15) is 6.17 Å². The number of aryl methyl sites for hydroxylation is 1. The van der Waals surface area contributed by atoms with Gasteiger partial charge >= 0.3 is 6.01 Å². The van der Waals surface area contributed by atoms with Gasteiger partial charge in [-0.25, -0.2) is 4.39 Å². The van der Waals surface area contributed by atoms with E-state index >= 15 is 0 Å². The molecular weight excluding hydrogens is 321 g/mol. The van der Waals surface area contributed by atoms with Crippen LogP contribution in [0, 0.1) is 6.92 Å². The Bertz CT molecular complexity index is 667. The predicted molar refractivity (Wildman–Crippen MR) is 85.3 cm³/mol. The second-order valence-electron chi connectivity index (χ2n) is 5.91. The van der Waals surface area contributed by atoms with E-state index in [1.54, 1.807) is 19.3 Å². The maximum absolute atomic E-state index is 13.9. The molecule has 6 nitrogen and oxygen atoms in total. The van der Waals surface area contributed by atoms with E-state index in [0.717, 1.165) is 5.56 Å². The monoisotopic (exact) mass is 339 g/mol. The van der Waals surface area contributed by atoms with Crippen molar-refractivity contribution in [2.75, 3.05) is 25.0 Å². The van der Waals surface area contributed by atoms with Crippen molar-refractivity contribution in [1.29, 1.82) is 0 Å². The minimum atomic E-state index is -0.884. The van der Waals surface area contributed by atoms with Crippen molar-refractivity contribution >= 4 is 17.6 Å². The molecule has 2 aromatic rings. The van der Waals surface area contributed by atoms with Gasteiger partial charge in [0.2, 0.25) is 5.89 Å². The zero-order valence-corrected chi connectivity index (χ0v) is 13.9. The van der Waals surface area contributed by atoms with E-state index in [4.69, 9.17) is 16.0 Å². The molecule has 1 aliphatic heterocycles. The van der Waals surface area contributed by atoms with Gasteiger partial charge in [-0.2, -0.15) is 0 Å². The summed E-state index contributed by atoms with van der Waals surface area (Å²) in [7, 11) is 1.99. The molecule has 2 atom stereocenters. The molecule has 0 radical (unpaired) electrons. The number of anilines is 1. The van der Waals surface area contributed by atoms with Gasteiger partial charge in [0.15, 0.2) is 0 Å². The number of aromatic nitrogens is 3. The molecule has 2 aromatic heterocycles. The van der Waals surface area contributed by atoms with E-state index < -0.39 is 6.17 Å². The van der Waals surface area contributed by atoms with Gasteiger partial charge < -0.3 is 14.2 Å². The summed E-state index contributed by atoms with van der Waals surface area (Å²) in [5.74, 6) is 0.484. The number of likely N-dealkylation sites (N-methyl/N-ethyl adjacent to an activating group) is 1. The Morgan fingerprint density at radius 2 is 2.30 bits per heavy atom. The second kappa shape index (κ2) is 6.80. The van der Waals surface area contributed by atoms with Crippen LogP contribution in [0.15, 0.2) is 22.9 Å². The smallest absolute Gasteiger partial charge is 0.318 e. The van der Waals surface area contributed by atoms with Crippen LogP contribution in [0.2, 0.25) is 5.02 Å². The van der Waals surface area contributed by atoms with Gasteiger partial charge in [-0.1, -0.05) is 16.7 Å². The van der Waals surface area contributed by atoms with Crippen LogP contribution in [0.3, 0.4) is 0 Å². The number of alkyl halides is 1. The average Bonchev–Trinajstić information content (AvgIpc) is 3.07. The summed E-state index contributed by atoms with van der Waals surface area (Å²) in [6.07, 6.45) is 2.92. The number of rotatable bonds is 5. The van der Waals surface area contributed by atoms with Crippen LogP contribution < -0.4 is 4.90 Å². The fraction of sp³-hybridized carbons (Fsp3) is 0.533. The third kappa shape index (κ3) is 3.79. The topological polar surface area (TPSA) is 58.3 Å². The van der Waals surface area contributed by atoms with Crippen LogP contribution in [0.25, 0.3) is 0 Å². The van der Waals surface area contributed by atoms with Gasteiger partial charge in [0, 0.05) is 44.9 Å². The molecule has 0 saturated carbocycles. The molecule has 8 heteroatoms. The Balaban J connectivity index is 1.66. The van der Waals surface area contributed by atoms with Gasteiger partial charge in [0.05, 0.1) is 11.6 Å². The van der Waals surface area contributed by atoms with Crippen molar-refractivity contribution in [2.24, 2.45) is 0 Å². The van der Waals surface area contributed by atoms with Crippen LogP contribution >= 0.6 is 11.6 Å². The quantitative estimate of drug-likeness (QED) is 0.834. The Kier molecular flexibility index (Phi) is 4.77. The van der Waals surface area contributed by atoms with Crippen molar-refractivity contribution in [3.63, 3.8) is 0 Å². The van der Waals surface area contributed by atoms with E-state index in [1.807, 2.05) is 18.0 Å². The van der Waals surface area contributed by atoms with Crippen LogP contribution in [0.1, 0.15) is 17.9 Å². The summed E-state index contributed by atoms with van der Waals surface area (Å²) in [6, 6.07) is 2.28. The summed E-state index contributed by atoms with van der Waals surface area (Å²) >= 11 is 6.14. The van der Waals surface area contributed by atoms with Crippen molar-refractivity contribution in [3.8, 4) is 0 Å². The summed E-state index contributed by atoms with van der Waals surface area (Å²) in [6.45, 7) is 3.37. The Hall–Kier alpha value is -1.73. The van der Waals surface area contributed by atoms with Crippen molar-refractivity contribution < 1.29 is 8.81 Å². The van der Waals surface area contributed by atoms with E-state index in [0.29, 0.717) is 36.4 Å². The molecular formula is C15H19ClFN5O. The lowest BCUT2D eigenvalue weighted by molar-refractivity contribution is 0.288. The van der Waals surface area contributed by atoms with Gasteiger partial charge in [-0.05, 0) is 18.7 Å². The fourth-order valence-corrected chi connectivity index (χ4v) is 3.10. The molecule has 0 bridgehead atoms. The van der Waals surface area contributed by atoms with Crippen molar-refractivity contribution in [2.45, 2.75) is 32.1 Å². The van der Waals surface area contributed by atoms with Crippen LogP contribution in [-0.2, 0) is 6.54 Å². The minimum Gasteiger partial charge on any atom is -0.408 e. The van der Waals surface area contributed by atoms with Crippen LogP contribution in [0.4, 0.5) is 10.4 Å². The lowest BCUT2D eigenvalue weighted by Crippen LogP contribution is -2.39. The first-order valence-corrected chi connectivity index (χ1v) is 7.88. The molecule has 23 heavy (non-hydrogen) atoms. The number of halogens is 2. The largest absolute Gasteiger partial charge is 0.408 e. The first-order chi connectivity index (χ1) is 11.0. The number of pyridine rings is 1. The molecule has 0 aromatic carbocycles. The highest BCUT2D eigenvalue weighted by molar-refractivity contribution is 6.31. The molecule has 0 N–H and O–H groups in total. The van der Waals surface area contributed by atoms with Crippen molar-refractivity contribution in [1.82, 2.24) is 20.1 Å². The standard InChI is InChI=1S/C15H19ClFN5O/c1-10-19-20-15(23-10)22-8-12(17)5-13(22)9-21(2)7-11-3-4-18-6-14(11)16/h3-4,6,12-13H,5,7-9H2,1-2H3/t12-,13-/m0/s1. The fourth-order valence-electron chi connectivity index (χ4n) is 2.92. The van der Waals surface area contributed by atoms with Gasteiger partial charge in [-0.15, -0.1) is 5.10 Å². The van der Waals surface area contributed by atoms with E-state index in [-0.39, 0.29) is 12.6 Å². The Morgan fingerprint density at radius 1 is 1.48 bits per heavy atom. The Morgan fingerprint density at radius 3 is 3.00 bits per heavy atom. The molecule has 3 heterocycles. The van der Waals surface area contributed by atoms with Gasteiger partial charge in [0.25, 0.3) is 0 Å². The lowest BCUT2D eigenvalue weighted by atomic mass is 10.2. The second-order valence-corrected chi connectivity index (χ2v) is 6.31. The molecule has 0 amide bonds. The van der Waals surface area contributed by atoms with E-state index in [2.05, 4.69) is 20.1 Å². The van der Waals surface area contributed by atoms with Crippen LogP contribution in [-0.4, -0.2) is 52.4 Å². The Labute approximate surface area is 139 Å². The van der Waals surface area contributed by atoms with Crippen molar-refractivity contribution in [3.05, 3.63) is 34.9 Å². The maximum atomic E-state index is 13.9. The molecule has 1 fully saturated rings. The van der Waals surface area contributed by atoms with Gasteiger partial charge in [-0.3, -0.25) is 4.98 Å². The SMILES string of the molecule is Cc1nnc(N2C[C@@H](F)C[C@H]2CN(C)Cc2ccncc2Cl)o1. The molecule has 1 saturated heterocycles. The van der Waals surface area contributed by atoms with Crippen LogP contribution in [0.5, 0.6) is 0 Å². The third-order valence-electron chi connectivity index (χ3n) is 3.94.